The van der Waals surface area contributed by atoms with Gasteiger partial charge in [-0.25, -0.2) is 0 Å². The number of nitrogens with zero attached hydrogens (tertiary/aromatic N) is 1. The largest absolute Gasteiger partial charge is 0.352 e. The SMILES string of the molecule is CC(=O)NC1CCCN(C(=O)C(C)(C)CCl)C1. The molecule has 1 saturated heterocycles. The van der Waals surface area contributed by atoms with Gasteiger partial charge in [0.25, 0.3) is 0 Å². The molecule has 1 fully saturated rings. The van der Waals surface area contributed by atoms with Gasteiger partial charge < -0.3 is 10.2 Å². The fourth-order valence-corrected chi connectivity index (χ4v) is 2.17. The molecule has 1 N–H and O–H groups in total. The van der Waals surface area contributed by atoms with Crippen LogP contribution in [-0.2, 0) is 9.59 Å². The van der Waals surface area contributed by atoms with Crippen molar-refractivity contribution in [2.24, 2.45) is 5.41 Å². The Labute approximate surface area is 108 Å². The lowest BCUT2D eigenvalue weighted by Gasteiger charge is -2.37. The maximum atomic E-state index is 12.2. The summed E-state index contributed by atoms with van der Waals surface area (Å²) in [5.74, 6) is 0.344. The van der Waals surface area contributed by atoms with Gasteiger partial charge in [-0.1, -0.05) is 0 Å². The second-order valence-corrected chi connectivity index (χ2v) is 5.58. The lowest BCUT2D eigenvalue weighted by atomic mass is 9.92. The summed E-state index contributed by atoms with van der Waals surface area (Å²) in [5.41, 5.74) is -0.528. The topological polar surface area (TPSA) is 49.4 Å². The van der Waals surface area contributed by atoms with E-state index in [9.17, 15) is 9.59 Å². The summed E-state index contributed by atoms with van der Waals surface area (Å²) in [7, 11) is 0. The van der Waals surface area contributed by atoms with Gasteiger partial charge in [0.05, 0.1) is 5.41 Å². The quantitative estimate of drug-likeness (QED) is 0.780. The van der Waals surface area contributed by atoms with Gasteiger partial charge in [-0.05, 0) is 26.7 Å². The fourth-order valence-electron chi connectivity index (χ4n) is 2.05. The van der Waals surface area contributed by atoms with Gasteiger partial charge in [-0.3, -0.25) is 9.59 Å². The van der Waals surface area contributed by atoms with Gasteiger partial charge in [-0.2, -0.15) is 0 Å². The Bertz CT molecular complexity index is 305. The molecular weight excluding hydrogens is 240 g/mol. The van der Waals surface area contributed by atoms with Crippen molar-refractivity contribution in [2.45, 2.75) is 39.7 Å². The summed E-state index contributed by atoms with van der Waals surface area (Å²) < 4.78 is 0. The molecule has 1 aliphatic rings. The number of hydrogen-bond acceptors (Lipinski definition) is 2. The molecule has 0 aliphatic carbocycles. The van der Waals surface area contributed by atoms with Crippen molar-refractivity contribution >= 4 is 23.4 Å². The number of nitrogens with one attached hydrogen (secondary N) is 1. The lowest BCUT2D eigenvalue weighted by Crippen LogP contribution is -2.52. The van der Waals surface area contributed by atoms with E-state index in [2.05, 4.69) is 5.32 Å². The van der Waals surface area contributed by atoms with Gasteiger partial charge in [0.1, 0.15) is 0 Å². The monoisotopic (exact) mass is 260 g/mol. The molecule has 98 valence electrons. The van der Waals surface area contributed by atoms with Gasteiger partial charge in [0.15, 0.2) is 0 Å². The Balaban J connectivity index is 2.60. The maximum Gasteiger partial charge on any atom is 0.229 e. The molecule has 1 aliphatic heterocycles. The van der Waals surface area contributed by atoms with E-state index in [1.807, 2.05) is 18.7 Å². The van der Waals surface area contributed by atoms with Crippen molar-refractivity contribution < 1.29 is 9.59 Å². The van der Waals surface area contributed by atoms with Crippen LogP contribution in [-0.4, -0.2) is 41.7 Å². The standard InChI is InChI=1S/C12H21ClN2O2/c1-9(16)14-10-5-4-6-15(7-10)11(17)12(2,3)8-13/h10H,4-8H2,1-3H3,(H,14,16). The number of halogens is 1. The first kappa shape index (κ1) is 14.3. The summed E-state index contributed by atoms with van der Waals surface area (Å²) in [6.07, 6.45) is 1.86. The number of rotatable bonds is 3. The molecule has 1 rings (SSSR count). The van der Waals surface area contributed by atoms with Gasteiger partial charge in [0.2, 0.25) is 11.8 Å². The van der Waals surface area contributed by atoms with Crippen molar-refractivity contribution in [2.75, 3.05) is 19.0 Å². The summed E-state index contributed by atoms with van der Waals surface area (Å²) in [5, 5.41) is 2.87. The number of amides is 2. The van der Waals surface area contributed by atoms with Crippen LogP contribution >= 0.6 is 11.6 Å². The van der Waals surface area contributed by atoms with Crippen LogP contribution in [0.4, 0.5) is 0 Å². The van der Waals surface area contributed by atoms with E-state index < -0.39 is 5.41 Å². The zero-order valence-corrected chi connectivity index (χ0v) is 11.5. The van der Waals surface area contributed by atoms with Crippen LogP contribution in [0.25, 0.3) is 0 Å². The fraction of sp³-hybridized carbons (Fsp3) is 0.833. The highest BCUT2D eigenvalue weighted by molar-refractivity contribution is 6.19. The summed E-state index contributed by atoms with van der Waals surface area (Å²) >= 11 is 5.81. The number of piperidine rings is 1. The molecule has 1 heterocycles. The van der Waals surface area contributed by atoms with Crippen molar-refractivity contribution in [1.29, 1.82) is 0 Å². The smallest absolute Gasteiger partial charge is 0.229 e. The van der Waals surface area contributed by atoms with Crippen molar-refractivity contribution in [3.05, 3.63) is 0 Å². The zero-order valence-electron chi connectivity index (χ0n) is 10.8. The van der Waals surface area contributed by atoms with Crippen molar-refractivity contribution in [3.8, 4) is 0 Å². The third kappa shape index (κ3) is 3.87. The van der Waals surface area contributed by atoms with Crippen LogP contribution < -0.4 is 5.32 Å². The zero-order chi connectivity index (χ0) is 13.1. The molecule has 1 atom stereocenters. The Morgan fingerprint density at radius 1 is 1.47 bits per heavy atom. The molecule has 4 nitrogen and oxygen atoms in total. The molecule has 2 amide bonds. The van der Waals surface area contributed by atoms with Crippen molar-refractivity contribution in [3.63, 3.8) is 0 Å². The lowest BCUT2D eigenvalue weighted by molar-refractivity contribution is -0.141. The minimum absolute atomic E-state index is 0.0408. The van der Waals surface area contributed by atoms with Crippen LogP contribution in [0.5, 0.6) is 0 Å². The number of hydrogen-bond donors (Lipinski definition) is 1. The highest BCUT2D eigenvalue weighted by Gasteiger charge is 2.33. The van der Waals surface area contributed by atoms with Gasteiger partial charge >= 0.3 is 0 Å². The number of carbonyl (C=O) groups is 2. The first-order chi connectivity index (χ1) is 7.86. The van der Waals surface area contributed by atoms with Crippen LogP contribution in [0.15, 0.2) is 0 Å². The first-order valence-corrected chi connectivity index (χ1v) is 6.52. The van der Waals surface area contributed by atoms with E-state index in [1.165, 1.54) is 6.92 Å². The summed E-state index contributed by atoms with van der Waals surface area (Å²) in [6.45, 7) is 6.56. The van der Waals surface area contributed by atoms with Crippen LogP contribution in [0.1, 0.15) is 33.6 Å². The number of carbonyl (C=O) groups excluding carboxylic acids is 2. The van der Waals surface area contributed by atoms with E-state index >= 15 is 0 Å². The third-order valence-corrected chi connectivity index (χ3v) is 3.70. The second kappa shape index (κ2) is 5.71. The van der Waals surface area contributed by atoms with Crippen LogP contribution in [0.3, 0.4) is 0 Å². The predicted molar refractivity (Wildman–Crippen MR) is 67.9 cm³/mol. The minimum atomic E-state index is -0.528. The molecule has 0 aromatic rings. The van der Waals surface area contributed by atoms with Gasteiger partial charge in [0, 0.05) is 31.9 Å². The van der Waals surface area contributed by atoms with E-state index in [1.54, 1.807) is 0 Å². The molecule has 0 radical (unpaired) electrons. The molecule has 0 aromatic heterocycles. The Morgan fingerprint density at radius 2 is 2.12 bits per heavy atom. The highest BCUT2D eigenvalue weighted by Crippen LogP contribution is 2.23. The predicted octanol–water partition coefficient (Wildman–Crippen LogP) is 1.38. The number of alkyl halides is 1. The van der Waals surface area contributed by atoms with Crippen LogP contribution in [0.2, 0.25) is 0 Å². The molecule has 0 aromatic carbocycles. The molecule has 0 saturated carbocycles. The molecule has 0 bridgehead atoms. The van der Waals surface area contributed by atoms with Crippen LogP contribution in [0, 0.1) is 5.41 Å². The maximum absolute atomic E-state index is 12.2. The summed E-state index contributed by atoms with van der Waals surface area (Å²) in [4.78, 5) is 25.0. The Hall–Kier alpha value is -0.770. The Morgan fingerprint density at radius 3 is 2.65 bits per heavy atom. The molecule has 1 unspecified atom stereocenters. The molecular formula is C12H21ClN2O2. The minimum Gasteiger partial charge on any atom is -0.352 e. The Kier molecular flexibility index (Phi) is 4.80. The van der Waals surface area contributed by atoms with E-state index in [0.29, 0.717) is 12.4 Å². The first-order valence-electron chi connectivity index (χ1n) is 5.99. The van der Waals surface area contributed by atoms with E-state index in [-0.39, 0.29) is 17.9 Å². The van der Waals surface area contributed by atoms with Crippen molar-refractivity contribution in [1.82, 2.24) is 10.2 Å². The third-order valence-electron chi connectivity index (χ3n) is 3.03. The molecule has 17 heavy (non-hydrogen) atoms. The average molecular weight is 261 g/mol. The molecule has 0 spiro atoms. The summed E-state index contributed by atoms with van der Waals surface area (Å²) in [6, 6.07) is 0.0799. The van der Waals surface area contributed by atoms with E-state index in [4.69, 9.17) is 11.6 Å². The number of likely N-dealkylation sites (tertiary alicyclic amines) is 1. The van der Waals surface area contributed by atoms with Gasteiger partial charge in [-0.15, -0.1) is 11.6 Å². The normalized spacial score (nSPS) is 21.2. The molecule has 5 heteroatoms. The van der Waals surface area contributed by atoms with E-state index in [0.717, 1.165) is 19.4 Å². The second-order valence-electron chi connectivity index (χ2n) is 5.31. The highest BCUT2D eigenvalue weighted by atomic mass is 35.5. The average Bonchev–Trinajstić information content (AvgIpc) is 2.27.